The molecule has 1 heterocycles. The number of nitrogens with zero attached hydrogens (tertiary/aromatic N) is 1. The van der Waals surface area contributed by atoms with E-state index in [2.05, 4.69) is 23.2 Å². The number of aromatic nitrogens is 1. The van der Waals surface area contributed by atoms with Crippen LogP contribution in [0.2, 0.25) is 0 Å². The minimum Gasteiger partial charge on any atom is -0.294 e. The number of pyridine rings is 1. The number of hydrogen-bond acceptors (Lipinski definition) is 2. The Morgan fingerprint density at radius 2 is 1.84 bits per heavy atom. The molecule has 0 bridgehead atoms. The van der Waals surface area contributed by atoms with E-state index in [1.54, 1.807) is 0 Å². The third-order valence-electron chi connectivity index (χ3n) is 3.92. The summed E-state index contributed by atoms with van der Waals surface area (Å²) in [4.78, 5) is 16.9. The van der Waals surface area contributed by atoms with Crippen molar-refractivity contribution >= 4 is 27.6 Å². The van der Waals surface area contributed by atoms with Gasteiger partial charge in [0.15, 0.2) is 5.78 Å². The second kappa shape index (κ2) is 3.89. The zero-order chi connectivity index (χ0) is 12.8. The van der Waals surface area contributed by atoms with Crippen LogP contribution in [-0.4, -0.2) is 10.8 Å². The van der Waals surface area contributed by atoms with Crippen LogP contribution in [0.1, 0.15) is 28.8 Å². The van der Waals surface area contributed by atoms with Crippen molar-refractivity contribution in [3.63, 3.8) is 0 Å². The second-order valence-corrected chi connectivity index (χ2v) is 5.12. The van der Waals surface area contributed by atoms with Crippen LogP contribution in [0.3, 0.4) is 0 Å². The summed E-state index contributed by atoms with van der Waals surface area (Å²) >= 11 is 0. The molecule has 0 N–H and O–H groups in total. The Bertz CT molecular complexity index is 820. The molecule has 2 heteroatoms. The molecule has 1 aliphatic carbocycles. The van der Waals surface area contributed by atoms with Crippen LogP contribution in [-0.2, 0) is 6.42 Å². The maximum absolute atomic E-state index is 12.2. The molecular formula is C17H13NO. The molecule has 0 atom stereocenters. The van der Waals surface area contributed by atoms with Crippen LogP contribution < -0.4 is 0 Å². The van der Waals surface area contributed by atoms with E-state index in [9.17, 15) is 4.79 Å². The first kappa shape index (κ1) is 10.7. The van der Waals surface area contributed by atoms with E-state index >= 15 is 0 Å². The molecule has 0 fully saturated rings. The molecule has 0 spiro atoms. The van der Waals surface area contributed by atoms with Crippen LogP contribution >= 0.6 is 0 Å². The third kappa shape index (κ3) is 1.56. The summed E-state index contributed by atoms with van der Waals surface area (Å²) in [6.07, 6.45) is 2.64. The molecular weight excluding hydrogens is 234 g/mol. The fraction of sp³-hybridized carbons (Fsp3) is 0.176. The number of benzene rings is 2. The minimum atomic E-state index is 0.268. The molecule has 0 saturated carbocycles. The van der Waals surface area contributed by atoms with Crippen molar-refractivity contribution in [1.82, 2.24) is 4.98 Å². The fourth-order valence-electron chi connectivity index (χ4n) is 3.00. The molecule has 0 saturated heterocycles. The van der Waals surface area contributed by atoms with E-state index in [4.69, 9.17) is 0 Å². The molecule has 1 aliphatic rings. The lowest BCUT2D eigenvalue weighted by Crippen LogP contribution is -2.11. The number of aryl methyl sites for hydroxylation is 1. The van der Waals surface area contributed by atoms with Gasteiger partial charge in [0, 0.05) is 22.8 Å². The Balaban J connectivity index is 2.15. The molecule has 0 radical (unpaired) electrons. The highest BCUT2D eigenvalue weighted by Crippen LogP contribution is 2.30. The zero-order valence-electron chi connectivity index (χ0n) is 10.5. The van der Waals surface area contributed by atoms with Crippen LogP contribution in [0.15, 0.2) is 42.5 Å². The maximum Gasteiger partial charge on any atom is 0.163 e. The van der Waals surface area contributed by atoms with Gasteiger partial charge in [-0.1, -0.05) is 24.3 Å². The summed E-state index contributed by atoms with van der Waals surface area (Å²) in [6, 6.07) is 14.3. The number of carbonyl (C=O) groups excluding carboxylic acids is 1. The summed E-state index contributed by atoms with van der Waals surface area (Å²) < 4.78 is 0. The lowest BCUT2D eigenvalue weighted by Gasteiger charge is -2.16. The van der Waals surface area contributed by atoms with E-state index in [0.717, 1.165) is 40.2 Å². The highest BCUT2D eigenvalue weighted by atomic mass is 16.1. The van der Waals surface area contributed by atoms with Gasteiger partial charge in [0.05, 0.1) is 11.0 Å². The van der Waals surface area contributed by atoms with Gasteiger partial charge in [0.25, 0.3) is 0 Å². The van der Waals surface area contributed by atoms with Crippen molar-refractivity contribution < 1.29 is 4.79 Å². The predicted molar refractivity (Wildman–Crippen MR) is 76.5 cm³/mol. The third-order valence-corrected chi connectivity index (χ3v) is 3.92. The largest absolute Gasteiger partial charge is 0.294 e. The quantitative estimate of drug-likeness (QED) is 0.564. The molecule has 0 unspecified atom stereocenters. The number of hydrogen-bond donors (Lipinski definition) is 0. The monoisotopic (exact) mass is 247 g/mol. The van der Waals surface area contributed by atoms with E-state index < -0.39 is 0 Å². The van der Waals surface area contributed by atoms with Gasteiger partial charge in [-0.05, 0) is 36.6 Å². The molecule has 2 aromatic carbocycles. The molecule has 3 aromatic rings. The number of para-hydroxylation sites is 1. The Labute approximate surface area is 111 Å². The Kier molecular flexibility index (Phi) is 2.18. The number of fused-ring (bicyclic) bond motifs is 4. The van der Waals surface area contributed by atoms with E-state index in [0.29, 0.717) is 6.42 Å². The Hall–Kier alpha value is -2.22. The Morgan fingerprint density at radius 3 is 2.79 bits per heavy atom. The first-order chi connectivity index (χ1) is 9.33. The van der Waals surface area contributed by atoms with Crippen molar-refractivity contribution in [2.75, 3.05) is 0 Å². The molecule has 0 aliphatic heterocycles. The molecule has 1 aromatic heterocycles. The van der Waals surface area contributed by atoms with Gasteiger partial charge in [0.1, 0.15) is 0 Å². The molecule has 19 heavy (non-hydrogen) atoms. The van der Waals surface area contributed by atoms with Crippen molar-refractivity contribution in [3.8, 4) is 0 Å². The van der Waals surface area contributed by atoms with E-state index in [-0.39, 0.29) is 5.78 Å². The maximum atomic E-state index is 12.2. The summed E-state index contributed by atoms with van der Waals surface area (Å²) in [5.41, 5.74) is 3.99. The normalized spacial score (nSPS) is 14.8. The smallest absolute Gasteiger partial charge is 0.163 e. The average molecular weight is 247 g/mol. The van der Waals surface area contributed by atoms with Gasteiger partial charge >= 0.3 is 0 Å². The standard InChI is InChI=1S/C17H13NO/c19-16-7-3-5-11-8-9-15-13(17(11)16)10-12-4-1-2-6-14(12)18-15/h1-2,4,6,8-10H,3,5,7H2. The minimum absolute atomic E-state index is 0.268. The van der Waals surface area contributed by atoms with E-state index in [1.165, 1.54) is 5.56 Å². The molecule has 4 rings (SSSR count). The lowest BCUT2D eigenvalue weighted by atomic mass is 9.87. The summed E-state index contributed by atoms with van der Waals surface area (Å²) in [7, 11) is 0. The molecule has 0 amide bonds. The molecule has 92 valence electrons. The van der Waals surface area contributed by atoms with Gasteiger partial charge in [0.2, 0.25) is 0 Å². The van der Waals surface area contributed by atoms with Crippen molar-refractivity contribution in [3.05, 3.63) is 53.6 Å². The van der Waals surface area contributed by atoms with Crippen LogP contribution in [0.25, 0.3) is 21.8 Å². The van der Waals surface area contributed by atoms with Crippen LogP contribution in [0.4, 0.5) is 0 Å². The highest BCUT2D eigenvalue weighted by Gasteiger charge is 2.20. The summed E-state index contributed by atoms with van der Waals surface area (Å²) in [5.74, 6) is 0.268. The van der Waals surface area contributed by atoms with Gasteiger partial charge < -0.3 is 0 Å². The summed E-state index contributed by atoms with van der Waals surface area (Å²) in [5, 5.41) is 2.11. The number of carbonyl (C=O) groups is 1. The van der Waals surface area contributed by atoms with Gasteiger partial charge in [-0.25, -0.2) is 4.98 Å². The van der Waals surface area contributed by atoms with E-state index in [1.807, 2.05) is 24.3 Å². The highest BCUT2D eigenvalue weighted by molar-refractivity contribution is 6.11. The second-order valence-electron chi connectivity index (χ2n) is 5.12. The van der Waals surface area contributed by atoms with Crippen LogP contribution in [0, 0.1) is 0 Å². The topological polar surface area (TPSA) is 30.0 Å². The van der Waals surface area contributed by atoms with Crippen molar-refractivity contribution in [2.24, 2.45) is 0 Å². The zero-order valence-corrected chi connectivity index (χ0v) is 10.5. The predicted octanol–water partition coefficient (Wildman–Crippen LogP) is 3.91. The fourth-order valence-corrected chi connectivity index (χ4v) is 3.00. The molecule has 2 nitrogen and oxygen atoms in total. The lowest BCUT2D eigenvalue weighted by molar-refractivity contribution is 0.0974. The first-order valence-corrected chi connectivity index (χ1v) is 6.67. The van der Waals surface area contributed by atoms with Gasteiger partial charge in [-0.15, -0.1) is 0 Å². The van der Waals surface area contributed by atoms with Crippen molar-refractivity contribution in [1.29, 1.82) is 0 Å². The van der Waals surface area contributed by atoms with Crippen molar-refractivity contribution in [2.45, 2.75) is 19.3 Å². The van der Waals surface area contributed by atoms with Gasteiger partial charge in [-0.3, -0.25) is 4.79 Å². The summed E-state index contributed by atoms with van der Waals surface area (Å²) in [6.45, 7) is 0. The SMILES string of the molecule is O=C1CCCc2ccc3nc4ccccc4cc3c21. The van der Waals surface area contributed by atoms with Crippen LogP contribution in [0.5, 0.6) is 0 Å². The number of rotatable bonds is 0. The number of ketones is 1. The average Bonchev–Trinajstić information content (AvgIpc) is 2.45. The number of Topliss-reactive ketones (excluding diaryl/α,β-unsaturated/α-hetero) is 1. The van der Waals surface area contributed by atoms with Gasteiger partial charge in [-0.2, -0.15) is 0 Å². The Morgan fingerprint density at radius 1 is 0.947 bits per heavy atom. The first-order valence-electron chi connectivity index (χ1n) is 6.67.